The van der Waals surface area contributed by atoms with Crippen molar-refractivity contribution in [1.29, 1.82) is 0 Å². The smallest absolute Gasteiger partial charge is 0.323 e. The predicted octanol–water partition coefficient (Wildman–Crippen LogP) is 1.58. The quantitative estimate of drug-likeness (QED) is 0.773. The number of halogens is 1. The van der Waals surface area contributed by atoms with Gasteiger partial charge in [-0.1, -0.05) is 12.1 Å². The van der Waals surface area contributed by atoms with Crippen molar-refractivity contribution in [2.75, 3.05) is 25.8 Å². The highest BCUT2D eigenvalue weighted by atomic mass is 19.1. The molecule has 2 amide bonds. The number of para-hydroxylation sites is 1. The molecule has 0 fully saturated rings. The van der Waals surface area contributed by atoms with Crippen molar-refractivity contribution in [3.63, 3.8) is 0 Å². The van der Waals surface area contributed by atoms with Crippen molar-refractivity contribution in [1.82, 2.24) is 5.32 Å². The van der Waals surface area contributed by atoms with Crippen LogP contribution < -0.4 is 10.2 Å². The van der Waals surface area contributed by atoms with Gasteiger partial charge in [-0.05, 0) is 12.1 Å². The molecule has 4 nitrogen and oxygen atoms in total. The number of benzene rings is 1. The SMILES string of the molecule is CNC(=O)N(COC)c1ccccc1F. The molecule has 0 aliphatic rings. The van der Waals surface area contributed by atoms with E-state index in [9.17, 15) is 9.18 Å². The molecule has 1 aromatic rings. The van der Waals surface area contributed by atoms with Crippen LogP contribution in [0.25, 0.3) is 0 Å². The third-order valence-electron chi connectivity index (χ3n) is 1.86. The van der Waals surface area contributed by atoms with Crippen LogP contribution in [0, 0.1) is 5.82 Å². The lowest BCUT2D eigenvalue weighted by Crippen LogP contribution is -2.39. The summed E-state index contributed by atoms with van der Waals surface area (Å²) in [4.78, 5) is 12.6. The number of hydrogen-bond acceptors (Lipinski definition) is 2. The Balaban J connectivity index is 2.98. The first-order chi connectivity index (χ1) is 7.20. The zero-order chi connectivity index (χ0) is 11.3. The van der Waals surface area contributed by atoms with Gasteiger partial charge in [-0.2, -0.15) is 0 Å². The molecular weight excluding hydrogens is 199 g/mol. The average Bonchev–Trinajstić information content (AvgIpc) is 2.26. The minimum Gasteiger partial charge on any atom is -0.364 e. The molecule has 1 rings (SSSR count). The molecule has 0 aliphatic carbocycles. The number of methoxy groups -OCH3 is 1. The minimum absolute atomic E-state index is 0.000602. The number of carbonyl (C=O) groups excluding carboxylic acids is 1. The highest BCUT2D eigenvalue weighted by Gasteiger charge is 2.16. The maximum atomic E-state index is 13.4. The Morgan fingerprint density at radius 1 is 1.53 bits per heavy atom. The second-order valence-corrected chi connectivity index (χ2v) is 2.85. The number of urea groups is 1. The zero-order valence-electron chi connectivity index (χ0n) is 8.66. The highest BCUT2D eigenvalue weighted by molar-refractivity contribution is 5.91. The molecule has 0 radical (unpaired) electrons. The first-order valence-corrected chi connectivity index (χ1v) is 4.43. The molecule has 15 heavy (non-hydrogen) atoms. The highest BCUT2D eigenvalue weighted by Crippen LogP contribution is 2.18. The van der Waals surface area contributed by atoms with Gasteiger partial charge in [0.05, 0.1) is 5.69 Å². The first kappa shape index (κ1) is 11.5. The van der Waals surface area contributed by atoms with Crippen LogP contribution in [0.15, 0.2) is 24.3 Å². The number of nitrogens with one attached hydrogen (secondary N) is 1. The number of ether oxygens (including phenoxy) is 1. The van der Waals surface area contributed by atoms with E-state index in [-0.39, 0.29) is 12.4 Å². The molecule has 0 atom stereocenters. The molecule has 0 unspecified atom stereocenters. The van der Waals surface area contributed by atoms with Crippen molar-refractivity contribution < 1.29 is 13.9 Å². The summed E-state index contributed by atoms with van der Waals surface area (Å²) in [6.07, 6.45) is 0. The summed E-state index contributed by atoms with van der Waals surface area (Å²) < 4.78 is 18.2. The van der Waals surface area contributed by atoms with Gasteiger partial charge in [0.15, 0.2) is 0 Å². The topological polar surface area (TPSA) is 41.6 Å². The lowest BCUT2D eigenvalue weighted by Gasteiger charge is -2.21. The number of anilines is 1. The second kappa shape index (κ2) is 5.31. The van der Waals surface area contributed by atoms with E-state index < -0.39 is 11.8 Å². The van der Waals surface area contributed by atoms with Crippen molar-refractivity contribution in [3.05, 3.63) is 30.1 Å². The van der Waals surface area contributed by atoms with Crippen molar-refractivity contribution in [2.24, 2.45) is 0 Å². The second-order valence-electron chi connectivity index (χ2n) is 2.85. The molecule has 0 spiro atoms. The fraction of sp³-hybridized carbons (Fsp3) is 0.300. The largest absolute Gasteiger partial charge is 0.364 e. The molecule has 0 aromatic heterocycles. The fourth-order valence-corrected chi connectivity index (χ4v) is 1.17. The molecule has 1 aromatic carbocycles. The number of rotatable bonds is 3. The molecule has 0 aliphatic heterocycles. The van der Waals surface area contributed by atoms with Crippen LogP contribution in [-0.2, 0) is 4.74 Å². The molecule has 0 saturated heterocycles. The van der Waals surface area contributed by atoms with E-state index in [0.717, 1.165) is 0 Å². The van der Waals surface area contributed by atoms with E-state index in [1.165, 1.54) is 31.2 Å². The van der Waals surface area contributed by atoms with E-state index in [2.05, 4.69) is 5.32 Å². The van der Waals surface area contributed by atoms with E-state index in [1.54, 1.807) is 12.1 Å². The number of carbonyl (C=O) groups is 1. The summed E-state index contributed by atoms with van der Waals surface area (Å²) in [6, 6.07) is 5.62. The molecule has 82 valence electrons. The molecule has 0 heterocycles. The summed E-state index contributed by atoms with van der Waals surface area (Å²) >= 11 is 0. The lowest BCUT2D eigenvalue weighted by atomic mass is 10.3. The van der Waals surface area contributed by atoms with Crippen molar-refractivity contribution in [3.8, 4) is 0 Å². The number of amides is 2. The molecular formula is C10H13FN2O2. The summed E-state index contributed by atoms with van der Waals surface area (Å²) in [7, 11) is 2.92. The third kappa shape index (κ3) is 2.66. The number of hydrogen-bond donors (Lipinski definition) is 1. The van der Waals surface area contributed by atoms with Gasteiger partial charge in [-0.25, -0.2) is 9.18 Å². The molecule has 5 heteroatoms. The molecule has 0 saturated carbocycles. The number of nitrogens with zero attached hydrogens (tertiary/aromatic N) is 1. The standard InChI is InChI=1S/C10H13FN2O2/c1-12-10(14)13(7-15-2)9-6-4-3-5-8(9)11/h3-6H,7H2,1-2H3,(H,12,14). The van der Waals surface area contributed by atoms with Gasteiger partial charge in [-0.15, -0.1) is 0 Å². The Hall–Kier alpha value is -1.62. The van der Waals surface area contributed by atoms with Gasteiger partial charge in [-0.3, -0.25) is 4.90 Å². The summed E-state index contributed by atoms with van der Waals surface area (Å²) in [5.41, 5.74) is 0.193. The van der Waals surface area contributed by atoms with Gasteiger partial charge in [0.1, 0.15) is 12.5 Å². The Morgan fingerprint density at radius 3 is 2.73 bits per heavy atom. The van der Waals surface area contributed by atoms with Gasteiger partial charge < -0.3 is 10.1 Å². The lowest BCUT2D eigenvalue weighted by molar-refractivity contribution is 0.191. The maximum Gasteiger partial charge on any atom is 0.323 e. The molecule has 1 N–H and O–H groups in total. The van der Waals surface area contributed by atoms with Crippen LogP contribution in [0.1, 0.15) is 0 Å². The summed E-state index contributed by atoms with van der Waals surface area (Å²) in [5.74, 6) is -0.460. The summed E-state index contributed by atoms with van der Waals surface area (Å²) in [6.45, 7) is 0.000602. The van der Waals surface area contributed by atoms with Crippen LogP contribution in [0.2, 0.25) is 0 Å². The van der Waals surface area contributed by atoms with Gasteiger partial charge in [0.2, 0.25) is 0 Å². The van der Waals surface area contributed by atoms with Crippen molar-refractivity contribution in [2.45, 2.75) is 0 Å². The van der Waals surface area contributed by atoms with Crippen LogP contribution in [0.5, 0.6) is 0 Å². The Bertz CT molecular complexity index is 344. The van der Waals surface area contributed by atoms with Gasteiger partial charge in [0.25, 0.3) is 0 Å². The van der Waals surface area contributed by atoms with E-state index in [1.807, 2.05) is 0 Å². The third-order valence-corrected chi connectivity index (χ3v) is 1.86. The molecule has 0 bridgehead atoms. The average molecular weight is 212 g/mol. The van der Waals surface area contributed by atoms with Crippen molar-refractivity contribution >= 4 is 11.7 Å². The van der Waals surface area contributed by atoms with Crippen LogP contribution >= 0.6 is 0 Å². The van der Waals surface area contributed by atoms with Crippen LogP contribution in [0.4, 0.5) is 14.9 Å². The maximum absolute atomic E-state index is 13.4. The van der Waals surface area contributed by atoms with E-state index in [4.69, 9.17) is 4.74 Å². The summed E-state index contributed by atoms with van der Waals surface area (Å²) in [5, 5.41) is 2.42. The minimum atomic E-state index is -0.460. The zero-order valence-corrected chi connectivity index (χ0v) is 8.66. The van der Waals surface area contributed by atoms with E-state index >= 15 is 0 Å². The van der Waals surface area contributed by atoms with E-state index in [0.29, 0.717) is 0 Å². The van der Waals surface area contributed by atoms with Crippen LogP contribution in [-0.4, -0.2) is 26.9 Å². The predicted molar refractivity (Wildman–Crippen MR) is 55.2 cm³/mol. The monoisotopic (exact) mass is 212 g/mol. The Labute approximate surface area is 87.6 Å². The van der Waals surface area contributed by atoms with Gasteiger partial charge in [0, 0.05) is 14.2 Å². The Morgan fingerprint density at radius 2 is 2.20 bits per heavy atom. The normalized spacial score (nSPS) is 9.80. The van der Waals surface area contributed by atoms with Gasteiger partial charge >= 0.3 is 6.03 Å². The first-order valence-electron chi connectivity index (χ1n) is 4.43. The van der Waals surface area contributed by atoms with Crippen LogP contribution in [0.3, 0.4) is 0 Å². The Kier molecular flexibility index (Phi) is 4.05. The fourth-order valence-electron chi connectivity index (χ4n) is 1.17.